The molecule has 1 amide bonds. The molecule has 5 N–H and O–H groups in total. The number of anilines is 2. The van der Waals surface area contributed by atoms with Crippen LogP contribution in [0.4, 0.5) is 20.4 Å². The maximum Gasteiger partial charge on any atom is 0.306 e. The number of phenolic OH excluding ortho intramolecular Hbond substituents is 1. The highest BCUT2D eigenvalue weighted by Gasteiger charge is 2.28. The van der Waals surface area contributed by atoms with Gasteiger partial charge in [-0.05, 0) is 55.3 Å². The van der Waals surface area contributed by atoms with Crippen LogP contribution in [0.1, 0.15) is 29.6 Å². The molecular formula is C25H26F2N6O6S. The van der Waals surface area contributed by atoms with E-state index in [0.717, 1.165) is 30.3 Å². The van der Waals surface area contributed by atoms with Crippen molar-refractivity contribution >= 4 is 33.5 Å². The number of sulfonamides is 1. The average molecular weight is 577 g/mol. The number of hydrogen-bond donors (Lipinski definition) is 5. The zero-order valence-corrected chi connectivity index (χ0v) is 21.7. The lowest BCUT2D eigenvalue weighted by Gasteiger charge is -2.34. The second-order valence-electron chi connectivity index (χ2n) is 8.98. The Morgan fingerprint density at radius 1 is 1.02 bits per heavy atom. The first-order valence-electron chi connectivity index (χ1n) is 12.1. The largest absolute Gasteiger partial charge is 0.508 e. The molecule has 0 aliphatic carbocycles. The van der Waals surface area contributed by atoms with E-state index in [-0.39, 0.29) is 22.4 Å². The third-order valence-corrected chi connectivity index (χ3v) is 7.66. The van der Waals surface area contributed by atoms with Crippen LogP contribution >= 0.6 is 0 Å². The molecule has 1 atom stereocenters. The molecule has 0 radical (unpaired) electrons. The van der Waals surface area contributed by atoms with Crippen LogP contribution in [0.3, 0.4) is 0 Å². The molecule has 0 spiro atoms. The molecule has 4 rings (SSSR count). The number of carboxylic acid groups (broad SMARTS) is 1. The Hall–Kier alpha value is -4.37. The Balaban J connectivity index is 1.44. The number of halogens is 2. The Morgan fingerprint density at radius 3 is 2.30 bits per heavy atom. The van der Waals surface area contributed by atoms with Gasteiger partial charge in [0.2, 0.25) is 16.0 Å². The highest BCUT2D eigenvalue weighted by molar-refractivity contribution is 7.89. The fraction of sp³-hybridized carbons (Fsp3) is 0.280. The first-order valence-corrected chi connectivity index (χ1v) is 13.6. The minimum Gasteiger partial charge on any atom is -0.508 e. The number of aromatic nitrogens is 2. The summed E-state index contributed by atoms with van der Waals surface area (Å²) < 4.78 is 57.4. The van der Waals surface area contributed by atoms with E-state index in [1.807, 2.05) is 4.72 Å². The number of carbonyl (C=O) groups excluding carboxylic acids is 1. The van der Waals surface area contributed by atoms with E-state index in [0.29, 0.717) is 31.9 Å². The van der Waals surface area contributed by atoms with E-state index in [9.17, 15) is 28.2 Å². The van der Waals surface area contributed by atoms with E-state index >= 15 is 8.78 Å². The second kappa shape index (κ2) is 12.2. The van der Waals surface area contributed by atoms with Gasteiger partial charge < -0.3 is 25.7 Å². The molecule has 212 valence electrons. The number of benzene rings is 2. The van der Waals surface area contributed by atoms with Crippen LogP contribution in [0.5, 0.6) is 5.75 Å². The van der Waals surface area contributed by atoms with Crippen LogP contribution in [0.15, 0.2) is 59.8 Å². The highest BCUT2D eigenvalue weighted by Crippen LogP contribution is 2.28. The van der Waals surface area contributed by atoms with Crippen LogP contribution in [0.25, 0.3) is 0 Å². The van der Waals surface area contributed by atoms with Gasteiger partial charge in [-0.1, -0.05) is 0 Å². The first kappa shape index (κ1) is 28.6. The molecule has 3 aromatic rings. The quantitative estimate of drug-likeness (QED) is 0.225. The van der Waals surface area contributed by atoms with Gasteiger partial charge in [-0.2, -0.15) is 4.72 Å². The monoisotopic (exact) mass is 576 g/mol. The molecule has 12 nitrogen and oxygen atoms in total. The number of rotatable bonds is 10. The Bertz CT molecular complexity index is 1470. The van der Waals surface area contributed by atoms with Gasteiger partial charge in [0.15, 0.2) is 11.6 Å². The van der Waals surface area contributed by atoms with E-state index < -0.39 is 51.7 Å². The van der Waals surface area contributed by atoms with Crippen molar-refractivity contribution in [2.75, 3.05) is 23.3 Å². The number of piperidine rings is 1. The summed E-state index contributed by atoms with van der Waals surface area (Å²) in [5.74, 6) is -5.11. The van der Waals surface area contributed by atoms with Gasteiger partial charge >= 0.3 is 5.97 Å². The fourth-order valence-corrected chi connectivity index (χ4v) is 5.34. The zero-order valence-electron chi connectivity index (χ0n) is 20.9. The zero-order chi connectivity index (χ0) is 28.9. The Kier molecular flexibility index (Phi) is 8.74. The van der Waals surface area contributed by atoms with Crippen molar-refractivity contribution in [3.8, 4) is 5.75 Å². The molecule has 0 saturated carbocycles. The third kappa shape index (κ3) is 6.98. The molecule has 1 fully saturated rings. The van der Waals surface area contributed by atoms with Crippen molar-refractivity contribution in [3.05, 3.63) is 72.1 Å². The van der Waals surface area contributed by atoms with Crippen molar-refractivity contribution in [1.29, 1.82) is 0 Å². The van der Waals surface area contributed by atoms with Crippen LogP contribution in [-0.2, 0) is 14.8 Å². The standard InChI is InChI=1S/C25H26F2N6O6S/c26-22-18(24(37)31-20(14-21(35)36)32-40(38,39)17-4-2-16(34)3-5-17)6-7-19(23(22)27)33-12-8-15(9-13-33)30-25-28-10-1-11-29-25/h1-7,10-11,15,20,32,34H,8-9,12-14H2,(H,31,37)(H,35,36)(H,28,29,30). The number of nitrogens with zero attached hydrogens (tertiary/aromatic N) is 3. The van der Waals surface area contributed by atoms with Crippen molar-refractivity contribution in [2.45, 2.75) is 36.4 Å². The fourth-order valence-electron chi connectivity index (χ4n) is 4.19. The summed E-state index contributed by atoms with van der Waals surface area (Å²) in [5.41, 5.74) is -0.767. The Morgan fingerprint density at radius 2 is 1.68 bits per heavy atom. The minimum absolute atomic E-state index is 0.0353. The maximum atomic E-state index is 15.1. The number of amides is 1. The van der Waals surface area contributed by atoms with Gasteiger partial charge in [-0.25, -0.2) is 27.2 Å². The van der Waals surface area contributed by atoms with E-state index in [1.165, 1.54) is 6.07 Å². The summed E-state index contributed by atoms with van der Waals surface area (Å²) in [5, 5.41) is 23.8. The number of nitrogens with one attached hydrogen (secondary N) is 3. The van der Waals surface area contributed by atoms with Crippen molar-refractivity contribution < 1.29 is 37.0 Å². The van der Waals surface area contributed by atoms with Crippen LogP contribution in [0.2, 0.25) is 0 Å². The lowest BCUT2D eigenvalue weighted by molar-refractivity contribution is -0.137. The SMILES string of the molecule is O=C(O)CC(NC(=O)c1ccc(N2CCC(Nc3ncccn3)CC2)c(F)c1F)NS(=O)(=O)c1ccc(O)cc1. The number of phenols is 1. The average Bonchev–Trinajstić information content (AvgIpc) is 2.91. The van der Waals surface area contributed by atoms with Gasteiger partial charge in [-0.3, -0.25) is 9.59 Å². The number of aromatic hydroxyl groups is 1. The van der Waals surface area contributed by atoms with Gasteiger partial charge in [-0.15, -0.1) is 0 Å². The van der Waals surface area contributed by atoms with Crippen LogP contribution < -0.4 is 20.3 Å². The van der Waals surface area contributed by atoms with Crippen molar-refractivity contribution in [2.24, 2.45) is 0 Å². The molecule has 1 aromatic heterocycles. The maximum absolute atomic E-state index is 15.1. The number of hydrogen-bond acceptors (Lipinski definition) is 9. The topological polar surface area (TPSA) is 174 Å². The highest BCUT2D eigenvalue weighted by atomic mass is 32.2. The predicted molar refractivity (Wildman–Crippen MR) is 139 cm³/mol. The van der Waals surface area contributed by atoms with E-state index in [4.69, 9.17) is 0 Å². The summed E-state index contributed by atoms with van der Waals surface area (Å²) in [7, 11) is -4.34. The molecule has 0 bridgehead atoms. The van der Waals surface area contributed by atoms with Gasteiger partial charge in [0, 0.05) is 31.5 Å². The summed E-state index contributed by atoms with van der Waals surface area (Å²) in [4.78, 5) is 33.6. The molecule has 1 aliphatic rings. The molecule has 1 saturated heterocycles. The second-order valence-corrected chi connectivity index (χ2v) is 10.7. The van der Waals surface area contributed by atoms with Crippen LogP contribution in [-0.4, -0.2) is 65.8 Å². The summed E-state index contributed by atoms with van der Waals surface area (Å²) in [6.45, 7) is 0.790. The Labute approximate surface area is 228 Å². The van der Waals surface area contributed by atoms with Gasteiger partial charge in [0.1, 0.15) is 11.9 Å². The summed E-state index contributed by atoms with van der Waals surface area (Å²) in [6.07, 6.45) is 1.83. The van der Waals surface area contributed by atoms with Crippen LogP contribution in [0, 0.1) is 11.6 Å². The molecule has 1 aliphatic heterocycles. The molecule has 2 aromatic carbocycles. The van der Waals surface area contributed by atoms with Crippen molar-refractivity contribution in [3.63, 3.8) is 0 Å². The molecule has 2 heterocycles. The summed E-state index contributed by atoms with van der Waals surface area (Å²) in [6, 6.07) is 8.38. The number of aliphatic carboxylic acids is 1. The molecule has 15 heteroatoms. The first-order chi connectivity index (χ1) is 19.0. The van der Waals surface area contributed by atoms with E-state index in [1.54, 1.807) is 23.4 Å². The van der Waals surface area contributed by atoms with Crippen molar-refractivity contribution in [1.82, 2.24) is 20.0 Å². The third-order valence-electron chi connectivity index (χ3n) is 6.17. The lowest BCUT2D eigenvalue weighted by atomic mass is 10.0. The normalized spacial score (nSPS) is 14.9. The molecule has 1 unspecified atom stereocenters. The van der Waals surface area contributed by atoms with Gasteiger partial charge in [0.05, 0.1) is 22.6 Å². The lowest BCUT2D eigenvalue weighted by Crippen LogP contribution is -2.49. The smallest absolute Gasteiger partial charge is 0.306 e. The van der Waals surface area contributed by atoms with E-state index in [2.05, 4.69) is 20.6 Å². The minimum atomic E-state index is -4.34. The predicted octanol–water partition coefficient (Wildman–Crippen LogP) is 2.05. The number of carboxylic acids is 1. The molecular weight excluding hydrogens is 550 g/mol. The molecule has 40 heavy (non-hydrogen) atoms. The number of carbonyl (C=O) groups is 2. The summed E-state index contributed by atoms with van der Waals surface area (Å²) >= 11 is 0. The van der Waals surface area contributed by atoms with Gasteiger partial charge in [0.25, 0.3) is 5.91 Å².